The molecule has 0 amide bonds. The van der Waals surface area contributed by atoms with Crippen molar-refractivity contribution in [1.82, 2.24) is 10.2 Å². The second-order valence-corrected chi connectivity index (χ2v) is 3.88. The monoisotopic (exact) mass is 197 g/mol. The van der Waals surface area contributed by atoms with Crippen LogP contribution in [0.25, 0.3) is 0 Å². The number of alkyl halides is 1. The van der Waals surface area contributed by atoms with Crippen LogP contribution < -0.4 is 4.90 Å². The molecular weight excluding hydrogens is 186 g/mol. The molecule has 1 saturated heterocycles. The predicted octanol–water partition coefficient (Wildman–Crippen LogP) is 1.68. The molecule has 0 radical (unpaired) electrons. The summed E-state index contributed by atoms with van der Waals surface area (Å²) < 4.78 is 0. The summed E-state index contributed by atoms with van der Waals surface area (Å²) in [5.41, 5.74) is 0. The normalized spacial score (nSPS) is 23.2. The van der Waals surface area contributed by atoms with Crippen LogP contribution in [-0.2, 0) is 0 Å². The molecule has 0 bridgehead atoms. The number of rotatable bonds is 1. The fourth-order valence-corrected chi connectivity index (χ4v) is 1.92. The average Bonchev–Trinajstić information content (AvgIpc) is 2.19. The minimum absolute atomic E-state index is 0.260. The van der Waals surface area contributed by atoms with Gasteiger partial charge in [0, 0.05) is 19.3 Å². The highest BCUT2D eigenvalue weighted by Gasteiger charge is 2.18. The van der Waals surface area contributed by atoms with Crippen molar-refractivity contribution in [3.05, 3.63) is 18.3 Å². The minimum Gasteiger partial charge on any atom is -0.354 e. The maximum absolute atomic E-state index is 6.07. The summed E-state index contributed by atoms with van der Waals surface area (Å²) in [6, 6.07) is 3.88. The number of piperidine rings is 1. The maximum atomic E-state index is 6.07. The molecule has 0 N–H and O–H groups in total. The highest BCUT2D eigenvalue weighted by molar-refractivity contribution is 6.21. The first kappa shape index (κ1) is 8.75. The average molecular weight is 198 g/mol. The van der Waals surface area contributed by atoms with Gasteiger partial charge in [0.05, 0.1) is 5.38 Å². The van der Waals surface area contributed by atoms with E-state index in [1.54, 1.807) is 6.20 Å². The van der Waals surface area contributed by atoms with E-state index in [1.807, 2.05) is 12.1 Å². The molecule has 0 saturated carbocycles. The van der Waals surface area contributed by atoms with Gasteiger partial charge in [-0.1, -0.05) is 0 Å². The van der Waals surface area contributed by atoms with Crippen LogP contribution in [0, 0.1) is 0 Å². The van der Waals surface area contributed by atoms with Crippen LogP contribution in [0.3, 0.4) is 0 Å². The molecule has 13 heavy (non-hydrogen) atoms. The fraction of sp³-hybridized carbons (Fsp3) is 0.556. The van der Waals surface area contributed by atoms with Crippen molar-refractivity contribution in [1.29, 1.82) is 0 Å². The third-order valence-electron chi connectivity index (χ3n) is 2.25. The van der Waals surface area contributed by atoms with Crippen molar-refractivity contribution in [2.45, 2.75) is 18.2 Å². The standard InChI is InChI=1S/C9H12ClN3/c10-8-3-2-6-13(7-8)9-4-1-5-11-12-9/h1,4-5,8H,2-3,6-7H2. The summed E-state index contributed by atoms with van der Waals surface area (Å²) >= 11 is 6.07. The van der Waals surface area contributed by atoms with E-state index in [2.05, 4.69) is 15.1 Å². The molecule has 0 aromatic carbocycles. The van der Waals surface area contributed by atoms with Gasteiger partial charge in [0.2, 0.25) is 0 Å². The van der Waals surface area contributed by atoms with E-state index >= 15 is 0 Å². The molecule has 1 aliphatic heterocycles. The lowest BCUT2D eigenvalue weighted by molar-refractivity contribution is 0.577. The summed E-state index contributed by atoms with van der Waals surface area (Å²) in [6.07, 6.45) is 3.94. The molecule has 1 aromatic rings. The van der Waals surface area contributed by atoms with Gasteiger partial charge in [-0.25, -0.2) is 0 Å². The van der Waals surface area contributed by atoms with Crippen molar-refractivity contribution in [2.75, 3.05) is 18.0 Å². The number of aromatic nitrogens is 2. The molecule has 0 aliphatic carbocycles. The van der Waals surface area contributed by atoms with Crippen molar-refractivity contribution in [2.24, 2.45) is 0 Å². The lowest BCUT2D eigenvalue weighted by atomic mass is 10.1. The zero-order chi connectivity index (χ0) is 9.10. The fourth-order valence-electron chi connectivity index (χ4n) is 1.60. The van der Waals surface area contributed by atoms with Crippen LogP contribution >= 0.6 is 11.6 Å². The van der Waals surface area contributed by atoms with E-state index in [0.717, 1.165) is 31.7 Å². The Bertz CT molecular complexity index is 265. The summed E-state index contributed by atoms with van der Waals surface area (Å²) in [7, 11) is 0. The van der Waals surface area contributed by atoms with Gasteiger partial charge in [-0.3, -0.25) is 0 Å². The third-order valence-corrected chi connectivity index (χ3v) is 2.60. The van der Waals surface area contributed by atoms with Gasteiger partial charge in [0.1, 0.15) is 0 Å². The zero-order valence-corrected chi connectivity index (χ0v) is 8.11. The SMILES string of the molecule is ClC1CCCN(c2cccnn2)C1. The Balaban J connectivity index is 2.08. The van der Waals surface area contributed by atoms with Crippen molar-refractivity contribution in [3.63, 3.8) is 0 Å². The first-order valence-electron chi connectivity index (χ1n) is 4.53. The van der Waals surface area contributed by atoms with Gasteiger partial charge in [0.15, 0.2) is 5.82 Å². The molecule has 1 aliphatic rings. The topological polar surface area (TPSA) is 29.0 Å². The Kier molecular flexibility index (Phi) is 2.64. The van der Waals surface area contributed by atoms with Crippen LogP contribution in [0.15, 0.2) is 18.3 Å². The van der Waals surface area contributed by atoms with E-state index in [1.165, 1.54) is 0 Å². The van der Waals surface area contributed by atoms with Crippen LogP contribution in [0.2, 0.25) is 0 Å². The lowest BCUT2D eigenvalue weighted by Gasteiger charge is -2.30. The molecule has 1 aromatic heterocycles. The molecular formula is C9H12ClN3. The number of hydrogen-bond acceptors (Lipinski definition) is 3. The predicted molar refractivity (Wildman–Crippen MR) is 53.1 cm³/mol. The molecule has 2 rings (SSSR count). The Morgan fingerprint density at radius 1 is 1.54 bits per heavy atom. The molecule has 1 fully saturated rings. The van der Waals surface area contributed by atoms with E-state index in [-0.39, 0.29) is 5.38 Å². The van der Waals surface area contributed by atoms with Crippen molar-refractivity contribution in [3.8, 4) is 0 Å². The Labute approximate surface area is 82.7 Å². The molecule has 70 valence electrons. The molecule has 1 unspecified atom stereocenters. The summed E-state index contributed by atoms with van der Waals surface area (Å²) in [4.78, 5) is 2.19. The second-order valence-electron chi connectivity index (χ2n) is 3.27. The Morgan fingerprint density at radius 2 is 2.46 bits per heavy atom. The number of halogens is 1. The number of nitrogens with zero attached hydrogens (tertiary/aromatic N) is 3. The molecule has 2 heterocycles. The number of hydrogen-bond donors (Lipinski definition) is 0. The quantitative estimate of drug-likeness (QED) is 0.642. The lowest BCUT2D eigenvalue weighted by Crippen LogP contribution is -2.36. The number of anilines is 1. The highest BCUT2D eigenvalue weighted by Crippen LogP contribution is 2.19. The molecule has 0 spiro atoms. The smallest absolute Gasteiger partial charge is 0.151 e. The minimum atomic E-state index is 0.260. The summed E-state index contributed by atoms with van der Waals surface area (Å²) in [5.74, 6) is 0.938. The van der Waals surface area contributed by atoms with E-state index in [9.17, 15) is 0 Å². The molecule has 4 heteroatoms. The van der Waals surface area contributed by atoms with E-state index in [4.69, 9.17) is 11.6 Å². The van der Waals surface area contributed by atoms with Gasteiger partial charge < -0.3 is 4.90 Å². The Hall–Kier alpha value is -0.830. The first-order chi connectivity index (χ1) is 6.36. The van der Waals surface area contributed by atoms with Crippen LogP contribution in [0.4, 0.5) is 5.82 Å². The van der Waals surface area contributed by atoms with Crippen molar-refractivity contribution >= 4 is 17.4 Å². The van der Waals surface area contributed by atoms with E-state index < -0.39 is 0 Å². The van der Waals surface area contributed by atoms with Crippen LogP contribution in [0.1, 0.15) is 12.8 Å². The van der Waals surface area contributed by atoms with Crippen LogP contribution in [0.5, 0.6) is 0 Å². The summed E-state index contributed by atoms with van der Waals surface area (Å²) in [5, 5.41) is 8.16. The molecule has 3 nitrogen and oxygen atoms in total. The Morgan fingerprint density at radius 3 is 3.15 bits per heavy atom. The molecule has 1 atom stereocenters. The van der Waals surface area contributed by atoms with Gasteiger partial charge in [-0.2, -0.15) is 5.10 Å². The first-order valence-corrected chi connectivity index (χ1v) is 4.96. The zero-order valence-electron chi connectivity index (χ0n) is 7.36. The van der Waals surface area contributed by atoms with Gasteiger partial charge in [0.25, 0.3) is 0 Å². The second kappa shape index (κ2) is 3.92. The largest absolute Gasteiger partial charge is 0.354 e. The summed E-state index contributed by atoms with van der Waals surface area (Å²) in [6.45, 7) is 1.93. The van der Waals surface area contributed by atoms with Gasteiger partial charge in [-0.15, -0.1) is 16.7 Å². The van der Waals surface area contributed by atoms with Crippen molar-refractivity contribution < 1.29 is 0 Å². The van der Waals surface area contributed by atoms with Gasteiger partial charge >= 0.3 is 0 Å². The maximum Gasteiger partial charge on any atom is 0.151 e. The van der Waals surface area contributed by atoms with E-state index in [0.29, 0.717) is 0 Å². The van der Waals surface area contributed by atoms with Crippen LogP contribution in [-0.4, -0.2) is 28.7 Å². The highest BCUT2D eigenvalue weighted by atomic mass is 35.5. The third kappa shape index (κ3) is 2.10. The van der Waals surface area contributed by atoms with Gasteiger partial charge in [-0.05, 0) is 25.0 Å².